The Hall–Kier alpha value is -4.94. The topological polar surface area (TPSA) is 136 Å². The van der Waals surface area contributed by atoms with Gasteiger partial charge in [-0.2, -0.15) is 0 Å². The number of nitrogens with zero attached hydrogens (tertiary/aromatic N) is 2. The van der Waals surface area contributed by atoms with Gasteiger partial charge in [0.05, 0.1) is 37.6 Å². The first-order valence-electron chi connectivity index (χ1n) is 14.3. The summed E-state index contributed by atoms with van der Waals surface area (Å²) in [7, 11) is 0. The van der Waals surface area contributed by atoms with Crippen LogP contribution in [0.1, 0.15) is 20.7 Å². The predicted octanol–water partition coefficient (Wildman–Crippen LogP) is 2.95. The molecule has 12 nitrogen and oxygen atoms in total. The zero-order valence-electron chi connectivity index (χ0n) is 24.2. The van der Waals surface area contributed by atoms with Crippen LogP contribution in [-0.2, 0) is 28.5 Å². The maximum absolute atomic E-state index is 12.4. The van der Waals surface area contributed by atoms with E-state index in [0.717, 1.165) is 37.6 Å². The molecule has 0 spiro atoms. The summed E-state index contributed by atoms with van der Waals surface area (Å²) in [6.07, 6.45) is 0. The molecule has 0 saturated carbocycles. The second-order valence-electron chi connectivity index (χ2n) is 10.1. The van der Waals surface area contributed by atoms with Gasteiger partial charge in [-0.3, -0.25) is 9.59 Å². The molecule has 5 rings (SSSR count). The Bertz CT molecular complexity index is 1320. The number of amides is 2. The Balaban J connectivity index is 1.02. The van der Waals surface area contributed by atoms with Gasteiger partial charge >= 0.3 is 11.9 Å². The van der Waals surface area contributed by atoms with Crippen LogP contribution < -0.4 is 20.4 Å². The molecule has 2 heterocycles. The molecule has 0 unspecified atom stereocenters. The zero-order valence-corrected chi connectivity index (χ0v) is 24.2. The first-order chi connectivity index (χ1) is 21.4. The van der Waals surface area contributed by atoms with E-state index < -0.39 is 37.0 Å². The summed E-state index contributed by atoms with van der Waals surface area (Å²) in [4.78, 5) is 53.8. The van der Waals surface area contributed by atoms with E-state index in [-0.39, 0.29) is 11.1 Å². The third-order valence-corrected chi connectivity index (χ3v) is 7.08. The van der Waals surface area contributed by atoms with Gasteiger partial charge < -0.3 is 39.4 Å². The maximum Gasteiger partial charge on any atom is 0.338 e. The molecule has 2 saturated heterocycles. The lowest BCUT2D eigenvalue weighted by Gasteiger charge is -2.28. The highest BCUT2D eigenvalue weighted by Gasteiger charge is 2.16. The van der Waals surface area contributed by atoms with Crippen molar-refractivity contribution in [1.29, 1.82) is 0 Å². The van der Waals surface area contributed by atoms with Crippen LogP contribution in [0.4, 0.5) is 22.7 Å². The highest BCUT2D eigenvalue weighted by Crippen LogP contribution is 2.20. The van der Waals surface area contributed by atoms with Crippen LogP contribution in [0, 0.1) is 0 Å². The minimum atomic E-state index is -0.721. The SMILES string of the molecule is O=C(COC(=O)c1ccc(C(=O)OCC(=O)Nc2ccc(N3CCOCC3)cc2)cc1)Nc1ccc(N2CCOCC2)cc1. The van der Waals surface area contributed by atoms with Crippen LogP contribution in [-0.4, -0.2) is 89.6 Å². The van der Waals surface area contributed by atoms with Gasteiger partial charge in [-0.15, -0.1) is 0 Å². The first-order valence-corrected chi connectivity index (χ1v) is 14.3. The first kappa shape index (κ1) is 30.5. The quantitative estimate of drug-likeness (QED) is 0.334. The second kappa shape index (κ2) is 15.0. The molecule has 2 fully saturated rings. The van der Waals surface area contributed by atoms with Gasteiger partial charge in [0, 0.05) is 48.9 Å². The second-order valence-corrected chi connectivity index (χ2v) is 10.1. The zero-order chi connectivity index (χ0) is 30.7. The Labute approximate surface area is 254 Å². The molecule has 0 aliphatic carbocycles. The average molecular weight is 603 g/mol. The fraction of sp³-hybridized carbons (Fsp3) is 0.312. The standard InChI is InChI=1S/C32H34N4O8/c37-29(33-25-5-9-27(10-6-25)35-13-17-41-18-14-35)21-43-31(39)23-1-2-24(4-3-23)32(40)44-22-30(38)34-26-7-11-28(12-8-26)36-15-19-42-20-16-36/h1-12H,13-22H2,(H,33,37)(H,34,38). The molecule has 12 heteroatoms. The summed E-state index contributed by atoms with van der Waals surface area (Å²) < 4.78 is 20.9. The summed E-state index contributed by atoms with van der Waals surface area (Å²) in [5, 5.41) is 5.40. The summed E-state index contributed by atoms with van der Waals surface area (Å²) in [5.74, 6) is -2.41. The molecular weight excluding hydrogens is 568 g/mol. The van der Waals surface area contributed by atoms with E-state index in [4.69, 9.17) is 18.9 Å². The van der Waals surface area contributed by atoms with Gasteiger partial charge in [0.2, 0.25) is 0 Å². The molecule has 2 amide bonds. The molecule has 2 aliphatic heterocycles. The molecule has 3 aromatic rings. The third-order valence-electron chi connectivity index (χ3n) is 7.08. The van der Waals surface area contributed by atoms with E-state index in [1.54, 1.807) is 24.3 Å². The van der Waals surface area contributed by atoms with Crippen molar-refractivity contribution < 1.29 is 38.1 Å². The van der Waals surface area contributed by atoms with E-state index in [0.29, 0.717) is 37.8 Å². The normalized spacial score (nSPS) is 14.8. The minimum absolute atomic E-state index is 0.155. The van der Waals surface area contributed by atoms with Crippen molar-refractivity contribution in [3.63, 3.8) is 0 Å². The summed E-state index contributed by atoms with van der Waals surface area (Å²) in [6, 6.07) is 20.4. The molecule has 2 N–H and O–H groups in total. The molecule has 3 aromatic carbocycles. The Morgan fingerprint density at radius 2 is 0.886 bits per heavy atom. The van der Waals surface area contributed by atoms with Crippen molar-refractivity contribution in [3.05, 3.63) is 83.9 Å². The third kappa shape index (κ3) is 8.55. The number of esters is 2. The lowest BCUT2D eigenvalue weighted by molar-refractivity contribution is -0.119. The van der Waals surface area contributed by atoms with Crippen molar-refractivity contribution in [2.45, 2.75) is 0 Å². The number of ether oxygens (including phenoxy) is 4. The summed E-state index contributed by atoms with van der Waals surface area (Å²) in [5.41, 5.74) is 3.56. The van der Waals surface area contributed by atoms with Crippen molar-refractivity contribution in [3.8, 4) is 0 Å². The predicted molar refractivity (Wildman–Crippen MR) is 163 cm³/mol. The van der Waals surface area contributed by atoms with Gasteiger partial charge in [0.15, 0.2) is 13.2 Å². The highest BCUT2D eigenvalue weighted by molar-refractivity contribution is 5.98. The number of benzene rings is 3. The van der Waals surface area contributed by atoms with E-state index in [1.165, 1.54) is 24.3 Å². The Morgan fingerprint density at radius 3 is 1.23 bits per heavy atom. The molecule has 0 bridgehead atoms. The number of carbonyl (C=O) groups excluding carboxylic acids is 4. The smallest absolute Gasteiger partial charge is 0.338 e. The minimum Gasteiger partial charge on any atom is -0.452 e. The van der Waals surface area contributed by atoms with Crippen molar-refractivity contribution in [1.82, 2.24) is 0 Å². The van der Waals surface area contributed by atoms with Crippen LogP contribution in [0.2, 0.25) is 0 Å². The van der Waals surface area contributed by atoms with Crippen LogP contribution in [0.5, 0.6) is 0 Å². The average Bonchev–Trinajstić information content (AvgIpc) is 3.07. The largest absolute Gasteiger partial charge is 0.452 e. The van der Waals surface area contributed by atoms with Gasteiger partial charge in [0.1, 0.15) is 0 Å². The van der Waals surface area contributed by atoms with Crippen LogP contribution in [0.15, 0.2) is 72.8 Å². The molecule has 0 aromatic heterocycles. The number of rotatable bonds is 10. The molecule has 0 radical (unpaired) electrons. The van der Waals surface area contributed by atoms with E-state index in [9.17, 15) is 19.2 Å². The van der Waals surface area contributed by atoms with Crippen molar-refractivity contribution in [2.75, 3.05) is 86.3 Å². The number of hydrogen-bond donors (Lipinski definition) is 2. The fourth-order valence-corrected chi connectivity index (χ4v) is 4.72. The lowest BCUT2D eigenvalue weighted by Crippen LogP contribution is -2.36. The van der Waals surface area contributed by atoms with E-state index in [2.05, 4.69) is 20.4 Å². The van der Waals surface area contributed by atoms with Gasteiger partial charge in [0.25, 0.3) is 11.8 Å². The highest BCUT2D eigenvalue weighted by atomic mass is 16.5. The summed E-state index contributed by atoms with van der Waals surface area (Å²) in [6.45, 7) is 5.03. The number of anilines is 4. The fourth-order valence-electron chi connectivity index (χ4n) is 4.72. The van der Waals surface area contributed by atoms with E-state index in [1.807, 2.05) is 24.3 Å². The van der Waals surface area contributed by atoms with Crippen LogP contribution in [0.25, 0.3) is 0 Å². The number of carbonyl (C=O) groups is 4. The Morgan fingerprint density at radius 1 is 0.545 bits per heavy atom. The van der Waals surface area contributed by atoms with Crippen LogP contribution in [0.3, 0.4) is 0 Å². The molecule has 230 valence electrons. The molecule has 0 atom stereocenters. The molecule has 44 heavy (non-hydrogen) atoms. The van der Waals surface area contributed by atoms with Gasteiger partial charge in [-0.25, -0.2) is 9.59 Å². The number of morpholine rings is 2. The van der Waals surface area contributed by atoms with Crippen LogP contribution >= 0.6 is 0 Å². The maximum atomic E-state index is 12.4. The van der Waals surface area contributed by atoms with Crippen molar-refractivity contribution >= 4 is 46.5 Å². The van der Waals surface area contributed by atoms with E-state index >= 15 is 0 Å². The summed E-state index contributed by atoms with van der Waals surface area (Å²) >= 11 is 0. The monoisotopic (exact) mass is 602 g/mol. The Kier molecular flexibility index (Phi) is 10.4. The molecule has 2 aliphatic rings. The number of hydrogen-bond acceptors (Lipinski definition) is 10. The van der Waals surface area contributed by atoms with Gasteiger partial charge in [-0.05, 0) is 72.8 Å². The van der Waals surface area contributed by atoms with Gasteiger partial charge in [-0.1, -0.05) is 0 Å². The lowest BCUT2D eigenvalue weighted by atomic mass is 10.1. The molecular formula is C32H34N4O8. The van der Waals surface area contributed by atoms with Crippen molar-refractivity contribution in [2.24, 2.45) is 0 Å². The number of nitrogens with one attached hydrogen (secondary N) is 2.